The fourth-order valence-electron chi connectivity index (χ4n) is 5.36. The molecule has 2 aromatic carbocycles. The second kappa shape index (κ2) is 12.6. The van der Waals surface area contributed by atoms with Gasteiger partial charge in [0, 0.05) is 24.4 Å². The van der Waals surface area contributed by atoms with Crippen LogP contribution in [0.3, 0.4) is 0 Å². The van der Waals surface area contributed by atoms with Crippen molar-refractivity contribution in [2.45, 2.75) is 39.2 Å². The van der Waals surface area contributed by atoms with E-state index >= 15 is 0 Å². The highest BCUT2D eigenvalue weighted by molar-refractivity contribution is 8.16. The molecule has 1 amide bonds. The van der Waals surface area contributed by atoms with Gasteiger partial charge in [-0.2, -0.15) is 0 Å². The molecule has 0 saturated carbocycles. The molecular formula is C31H33N3O5S. The number of benzene rings is 2. The third-order valence-corrected chi connectivity index (χ3v) is 8.08. The van der Waals surface area contributed by atoms with E-state index in [0.717, 1.165) is 29.7 Å². The van der Waals surface area contributed by atoms with Crippen molar-refractivity contribution in [1.29, 1.82) is 0 Å². The van der Waals surface area contributed by atoms with Crippen LogP contribution >= 0.6 is 11.8 Å². The standard InChI is InChI=1S/C31H33N3O5S/c1-3-38-29(36)23-16-11-17-33(19-23)25(35)18-24-20-40-31-32-27(21-12-7-5-8-13-21)26(30(37)39-4-2)28(34(24)31)22-14-9-6-10-15-22/h5-10,12-15,20,23,28H,3-4,11,16-19H2,1-2H3. The number of likely N-dealkylation sites (tertiary alicyclic amines) is 1. The first-order chi connectivity index (χ1) is 19.5. The molecule has 0 aliphatic carbocycles. The summed E-state index contributed by atoms with van der Waals surface area (Å²) >= 11 is 1.44. The number of piperidine rings is 1. The highest BCUT2D eigenvalue weighted by Crippen LogP contribution is 2.47. The van der Waals surface area contributed by atoms with E-state index < -0.39 is 12.0 Å². The summed E-state index contributed by atoms with van der Waals surface area (Å²) in [6.07, 6.45) is 1.60. The number of nitrogens with zero attached hydrogens (tertiary/aromatic N) is 3. The van der Waals surface area contributed by atoms with Gasteiger partial charge in [-0.15, -0.1) is 0 Å². The second-order valence-electron chi connectivity index (χ2n) is 9.76. The molecule has 3 aliphatic heterocycles. The number of carbonyl (C=O) groups is 3. The van der Waals surface area contributed by atoms with Gasteiger partial charge in [-0.05, 0) is 37.7 Å². The molecule has 5 rings (SSSR count). The average molecular weight is 560 g/mol. The van der Waals surface area contributed by atoms with Crippen LogP contribution in [0, 0.1) is 5.92 Å². The lowest BCUT2D eigenvalue weighted by molar-refractivity contribution is -0.151. The van der Waals surface area contributed by atoms with E-state index in [4.69, 9.17) is 14.5 Å². The Labute approximate surface area is 238 Å². The Morgan fingerprint density at radius 2 is 1.68 bits per heavy atom. The number of carbonyl (C=O) groups excluding carboxylic acids is 3. The summed E-state index contributed by atoms with van der Waals surface area (Å²) < 4.78 is 10.8. The number of rotatable bonds is 8. The number of thioether (sulfide) groups is 1. The molecule has 0 aromatic heterocycles. The highest BCUT2D eigenvalue weighted by Gasteiger charge is 2.42. The van der Waals surface area contributed by atoms with E-state index in [2.05, 4.69) is 0 Å². The Kier molecular flexibility index (Phi) is 8.69. The SMILES string of the molecule is CCOC(=O)C1=C(c2ccccc2)N=C2SC=C(CC(=O)N3CCCC(C(=O)OCC)C3)N2C1c1ccccc1. The highest BCUT2D eigenvalue weighted by atomic mass is 32.2. The zero-order valence-electron chi connectivity index (χ0n) is 22.7. The molecule has 2 atom stereocenters. The van der Waals surface area contributed by atoms with Crippen LogP contribution in [-0.4, -0.2) is 59.1 Å². The van der Waals surface area contributed by atoms with E-state index in [-0.39, 0.29) is 30.8 Å². The Bertz CT molecular complexity index is 1360. The Balaban J connectivity index is 1.49. The lowest BCUT2D eigenvalue weighted by Gasteiger charge is -2.37. The van der Waals surface area contributed by atoms with E-state index in [1.807, 2.05) is 71.0 Å². The average Bonchev–Trinajstić information content (AvgIpc) is 3.39. The lowest BCUT2D eigenvalue weighted by Crippen LogP contribution is -2.44. The summed E-state index contributed by atoms with van der Waals surface area (Å²) in [7, 11) is 0. The van der Waals surface area contributed by atoms with Crippen LogP contribution in [0.4, 0.5) is 0 Å². The van der Waals surface area contributed by atoms with Gasteiger partial charge >= 0.3 is 11.9 Å². The van der Waals surface area contributed by atoms with Gasteiger partial charge in [0.25, 0.3) is 0 Å². The van der Waals surface area contributed by atoms with Crippen molar-refractivity contribution in [3.63, 3.8) is 0 Å². The molecule has 1 saturated heterocycles. The summed E-state index contributed by atoms with van der Waals surface area (Å²) in [5.41, 5.74) is 3.48. The van der Waals surface area contributed by atoms with Crippen LogP contribution in [0.2, 0.25) is 0 Å². The van der Waals surface area contributed by atoms with Crippen LogP contribution in [0.1, 0.15) is 50.3 Å². The fraction of sp³-hybridized carbons (Fsp3) is 0.355. The van der Waals surface area contributed by atoms with Gasteiger partial charge in [-0.1, -0.05) is 72.4 Å². The van der Waals surface area contributed by atoms with Gasteiger partial charge < -0.3 is 19.3 Å². The first-order valence-electron chi connectivity index (χ1n) is 13.7. The maximum absolute atomic E-state index is 13.6. The zero-order chi connectivity index (χ0) is 28.1. The first kappa shape index (κ1) is 27.7. The summed E-state index contributed by atoms with van der Waals surface area (Å²) in [5, 5.41) is 2.64. The number of hydrogen-bond donors (Lipinski definition) is 0. The largest absolute Gasteiger partial charge is 0.466 e. The van der Waals surface area contributed by atoms with Crippen molar-refractivity contribution < 1.29 is 23.9 Å². The summed E-state index contributed by atoms with van der Waals surface area (Å²) in [6, 6.07) is 18.9. The van der Waals surface area contributed by atoms with Crippen LogP contribution in [0.5, 0.6) is 0 Å². The van der Waals surface area contributed by atoms with Crippen molar-refractivity contribution in [2.24, 2.45) is 10.9 Å². The maximum Gasteiger partial charge on any atom is 0.338 e. The second-order valence-corrected chi connectivity index (χ2v) is 10.6. The molecule has 3 heterocycles. The van der Waals surface area contributed by atoms with E-state index in [9.17, 15) is 14.4 Å². The predicted molar refractivity (Wildman–Crippen MR) is 155 cm³/mol. The molecular weight excluding hydrogens is 526 g/mol. The van der Waals surface area contributed by atoms with E-state index in [0.29, 0.717) is 36.1 Å². The van der Waals surface area contributed by atoms with Gasteiger partial charge in [-0.25, -0.2) is 9.79 Å². The Hall–Kier alpha value is -3.85. The van der Waals surface area contributed by atoms with E-state index in [1.54, 1.807) is 18.7 Å². The quantitative estimate of drug-likeness (QED) is 0.413. The van der Waals surface area contributed by atoms with Gasteiger partial charge in [0.05, 0.1) is 42.9 Å². The van der Waals surface area contributed by atoms with Gasteiger partial charge in [0.1, 0.15) is 0 Å². The van der Waals surface area contributed by atoms with Crippen molar-refractivity contribution in [1.82, 2.24) is 9.80 Å². The molecule has 3 aliphatic rings. The number of fused-ring (bicyclic) bond motifs is 1. The fourth-order valence-corrected chi connectivity index (χ4v) is 6.28. The van der Waals surface area contributed by atoms with Crippen molar-refractivity contribution >= 4 is 40.5 Å². The van der Waals surface area contributed by atoms with Crippen LogP contribution < -0.4 is 0 Å². The molecule has 208 valence electrons. The van der Waals surface area contributed by atoms with Crippen LogP contribution in [0.15, 0.2) is 82.3 Å². The van der Waals surface area contributed by atoms with Crippen LogP contribution in [-0.2, 0) is 23.9 Å². The number of aliphatic imine (C=N–C) groups is 1. The summed E-state index contributed by atoms with van der Waals surface area (Å²) in [5.74, 6) is -1.05. The summed E-state index contributed by atoms with van der Waals surface area (Å²) in [4.78, 5) is 48.2. The Morgan fingerprint density at radius 3 is 2.38 bits per heavy atom. The summed E-state index contributed by atoms with van der Waals surface area (Å²) in [6.45, 7) is 5.09. The lowest BCUT2D eigenvalue weighted by atomic mass is 9.91. The number of hydrogen-bond acceptors (Lipinski definition) is 8. The molecule has 2 aromatic rings. The van der Waals surface area contributed by atoms with Crippen LogP contribution in [0.25, 0.3) is 5.70 Å². The first-order valence-corrected chi connectivity index (χ1v) is 14.6. The van der Waals surface area contributed by atoms with Gasteiger partial charge in [-0.3, -0.25) is 9.59 Å². The molecule has 2 unspecified atom stereocenters. The monoisotopic (exact) mass is 559 g/mol. The molecule has 0 N–H and O–H groups in total. The molecule has 8 nitrogen and oxygen atoms in total. The molecule has 0 bridgehead atoms. The molecule has 40 heavy (non-hydrogen) atoms. The third-order valence-electron chi connectivity index (χ3n) is 7.19. The number of amides is 1. The zero-order valence-corrected chi connectivity index (χ0v) is 23.6. The van der Waals surface area contributed by atoms with Crippen molar-refractivity contribution in [2.75, 3.05) is 26.3 Å². The minimum Gasteiger partial charge on any atom is -0.466 e. The van der Waals surface area contributed by atoms with E-state index in [1.165, 1.54) is 11.8 Å². The van der Waals surface area contributed by atoms with Gasteiger partial charge in [0.2, 0.25) is 5.91 Å². The minimum atomic E-state index is -0.523. The number of ether oxygens (including phenoxy) is 2. The maximum atomic E-state index is 13.6. The smallest absolute Gasteiger partial charge is 0.338 e. The van der Waals surface area contributed by atoms with Crippen molar-refractivity contribution in [3.8, 4) is 0 Å². The molecule has 9 heteroatoms. The number of amidine groups is 1. The van der Waals surface area contributed by atoms with Gasteiger partial charge in [0.15, 0.2) is 5.17 Å². The molecule has 0 spiro atoms. The number of esters is 2. The molecule has 0 radical (unpaired) electrons. The van der Waals surface area contributed by atoms with Crippen molar-refractivity contribution in [3.05, 3.63) is 88.5 Å². The third kappa shape index (κ3) is 5.70. The Morgan fingerprint density at radius 1 is 0.975 bits per heavy atom. The normalized spacial score (nSPS) is 20.4. The predicted octanol–water partition coefficient (Wildman–Crippen LogP) is 5.15. The minimum absolute atomic E-state index is 0.0653. The topological polar surface area (TPSA) is 88.5 Å². The molecule has 1 fully saturated rings.